The van der Waals surface area contributed by atoms with E-state index in [1.807, 2.05) is 18.2 Å². The molecule has 0 aliphatic heterocycles. The maximum Gasteiger partial charge on any atom is 0.115 e. The van der Waals surface area contributed by atoms with Crippen LogP contribution in [0.5, 0.6) is 0 Å². The molecule has 2 rings (SSSR count). The number of thiol groups is 1. The topological polar surface area (TPSA) is 53.6 Å². The molecule has 0 aliphatic carbocycles. The van der Waals surface area contributed by atoms with Crippen molar-refractivity contribution in [3.05, 3.63) is 18.2 Å². The van der Waals surface area contributed by atoms with Gasteiger partial charge in [0.05, 0.1) is 0 Å². The number of fused-ring (bicyclic) bond motifs is 1. The third-order valence-electron chi connectivity index (χ3n) is 1.45. The number of hydrogen-bond donors (Lipinski definition) is 3. The van der Waals surface area contributed by atoms with Crippen molar-refractivity contribution in [1.82, 2.24) is 15.4 Å². The van der Waals surface area contributed by atoms with E-state index >= 15 is 0 Å². The zero-order chi connectivity index (χ0) is 7.68. The van der Waals surface area contributed by atoms with Gasteiger partial charge in [-0.2, -0.15) is 15.4 Å². The molecule has 0 spiro atoms. The van der Waals surface area contributed by atoms with Gasteiger partial charge in [-0.1, -0.05) is 12.8 Å². The number of anilines is 1. The summed E-state index contributed by atoms with van der Waals surface area (Å²) in [6, 6.07) is 5.63. The van der Waals surface area contributed by atoms with Gasteiger partial charge in [0.2, 0.25) is 0 Å². The van der Waals surface area contributed by atoms with E-state index < -0.39 is 0 Å². The number of nitrogens with one attached hydrogen (secondary N) is 2. The zero-order valence-corrected chi connectivity index (χ0v) is 6.47. The first-order valence-electron chi connectivity index (χ1n) is 3.11. The molecule has 11 heavy (non-hydrogen) atoms. The summed E-state index contributed by atoms with van der Waals surface area (Å²) in [4.78, 5) is 0. The normalized spacial score (nSPS) is 10.3. The highest BCUT2D eigenvalue weighted by atomic mass is 32.1. The first-order chi connectivity index (χ1) is 5.40. The Morgan fingerprint density at radius 3 is 2.91 bits per heavy atom. The maximum absolute atomic E-state index is 3.92. The molecule has 0 saturated carbocycles. The van der Waals surface area contributed by atoms with E-state index in [-0.39, 0.29) is 0 Å². The molecule has 0 unspecified atom stereocenters. The minimum atomic E-state index is 0.837. The largest absolute Gasteiger partial charge is 0.332 e. The zero-order valence-electron chi connectivity index (χ0n) is 5.57. The molecule has 5 heteroatoms. The van der Waals surface area contributed by atoms with Crippen molar-refractivity contribution in [2.24, 2.45) is 0 Å². The molecule has 2 N–H and O–H groups in total. The Bertz CT molecular complexity index is 369. The molecule has 0 atom stereocenters. The first-order valence-corrected chi connectivity index (χ1v) is 3.55. The fourth-order valence-corrected chi connectivity index (χ4v) is 1.05. The summed E-state index contributed by atoms with van der Waals surface area (Å²) in [7, 11) is 0. The van der Waals surface area contributed by atoms with E-state index in [4.69, 9.17) is 0 Å². The molecule has 1 aromatic carbocycles. The van der Waals surface area contributed by atoms with Crippen LogP contribution < -0.4 is 4.72 Å². The number of rotatable bonds is 1. The number of benzene rings is 1. The lowest BCUT2D eigenvalue weighted by atomic mass is 10.3. The lowest BCUT2D eigenvalue weighted by Crippen LogP contribution is -1.78. The standard InChI is InChI=1S/C6H6N4S/c11-9-4-1-2-5-6(3-4)8-10-7-5/h1-3,9,11H,(H,7,8,10). The van der Waals surface area contributed by atoms with Crippen molar-refractivity contribution in [3.8, 4) is 0 Å². The second-order valence-corrected chi connectivity index (χ2v) is 2.36. The molecule has 56 valence electrons. The molecular formula is C6H6N4S. The SMILES string of the molecule is SNc1ccc2n[nH]nc2c1. The highest BCUT2D eigenvalue weighted by Gasteiger charge is 1.96. The van der Waals surface area contributed by atoms with Crippen LogP contribution in [0.25, 0.3) is 11.0 Å². The van der Waals surface area contributed by atoms with Crippen LogP contribution in [0.2, 0.25) is 0 Å². The van der Waals surface area contributed by atoms with E-state index in [9.17, 15) is 0 Å². The first kappa shape index (κ1) is 6.48. The maximum atomic E-state index is 3.92. The molecule has 4 nitrogen and oxygen atoms in total. The summed E-state index contributed by atoms with van der Waals surface area (Å²) < 4.78 is 2.72. The van der Waals surface area contributed by atoms with Crippen molar-refractivity contribution in [2.75, 3.05) is 4.72 Å². The molecule has 0 radical (unpaired) electrons. The highest BCUT2D eigenvalue weighted by Crippen LogP contribution is 2.14. The van der Waals surface area contributed by atoms with Gasteiger partial charge in [0.15, 0.2) is 0 Å². The summed E-state index contributed by atoms with van der Waals surface area (Å²) in [6.45, 7) is 0. The van der Waals surface area contributed by atoms with Crippen LogP contribution in [0.15, 0.2) is 18.2 Å². The molecule has 1 aromatic heterocycles. The van der Waals surface area contributed by atoms with Crippen molar-refractivity contribution in [2.45, 2.75) is 0 Å². The number of aromatic amines is 1. The van der Waals surface area contributed by atoms with Gasteiger partial charge in [-0.05, 0) is 18.2 Å². The molecule has 1 heterocycles. The second-order valence-electron chi connectivity index (χ2n) is 2.14. The molecule has 0 bridgehead atoms. The van der Waals surface area contributed by atoms with Crippen LogP contribution in [0.1, 0.15) is 0 Å². The molecular weight excluding hydrogens is 160 g/mol. The van der Waals surface area contributed by atoms with Crippen LogP contribution in [-0.2, 0) is 0 Å². The van der Waals surface area contributed by atoms with E-state index in [0.29, 0.717) is 0 Å². The fraction of sp³-hybridized carbons (Fsp3) is 0. The smallest absolute Gasteiger partial charge is 0.115 e. The number of nitrogens with zero attached hydrogens (tertiary/aromatic N) is 2. The monoisotopic (exact) mass is 166 g/mol. The van der Waals surface area contributed by atoms with Gasteiger partial charge in [0, 0.05) is 5.69 Å². The van der Waals surface area contributed by atoms with E-state index in [1.165, 1.54) is 0 Å². The van der Waals surface area contributed by atoms with E-state index in [0.717, 1.165) is 16.7 Å². The summed E-state index contributed by atoms with van der Waals surface area (Å²) >= 11 is 3.91. The quantitative estimate of drug-likeness (QED) is 0.558. The predicted octanol–water partition coefficient (Wildman–Crippen LogP) is 1.21. The van der Waals surface area contributed by atoms with Crippen molar-refractivity contribution < 1.29 is 0 Å². The molecule has 0 amide bonds. The van der Waals surface area contributed by atoms with Gasteiger partial charge in [0.25, 0.3) is 0 Å². The van der Waals surface area contributed by atoms with Crippen LogP contribution in [0.3, 0.4) is 0 Å². The third kappa shape index (κ3) is 1.03. The van der Waals surface area contributed by atoms with Gasteiger partial charge >= 0.3 is 0 Å². The lowest BCUT2D eigenvalue weighted by molar-refractivity contribution is 0.959. The molecule has 0 saturated heterocycles. The van der Waals surface area contributed by atoms with Gasteiger partial charge in [0.1, 0.15) is 11.0 Å². The Labute approximate surface area is 68.5 Å². The predicted molar refractivity (Wildman–Crippen MR) is 46.5 cm³/mol. The summed E-state index contributed by atoms with van der Waals surface area (Å²) in [6.07, 6.45) is 0. The Hall–Kier alpha value is -1.23. The number of aromatic nitrogens is 3. The average Bonchev–Trinajstić information content (AvgIpc) is 2.50. The summed E-state index contributed by atoms with van der Waals surface area (Å²) in [5.74, 6) is 0. The van der Waals surface area contributed by atoms with Crippen molar-refractivity contribution in [3.63, 3.8) is 0 Å². The van der Waals surface area contributed by atoms with Gasteiger partial charge < -0.3 is 4.72 Å². The van der Waals surface area contributed by atoms with Gasteiger partial charge in [-0.25, -0.2) is 0 Å². The second kappa shape index (κ2) is 2.43. The van der Waals surface area contributed by atoms with Gasteiger partial charge in [-0.3, -0.25) is 0 Å². The van der Waals surface area contributed by atoms with Crippen LogP contribution in [-0.4, -0.2) is 15.4 Å². The molecule has 0 aliphatic rings. The minimum Gasteiger partial charge on any atom is -0.332 e. The van der Waals surface area contributed by atoms with Crippen molar-refractivity contribution in [1.29, 1.82) is 0 Å². The minimum absolute atomic E-state index is 0.837. The summed E-state index contributed by atoms with van der Waals surface area (Å²) in [5.41, 5.74) is 2.61. The number of H-pyrrole nitrogens is 1. The Balaban J connectivity index is 2.67. The third-order valence-corrected chi connectivity index (χ3v) is 1.70. The fourth-order valence-electron chi connectivity index (χ4n) is 0.910. The Morgan fingerprint density at radius 1 is 1.27 bits per heavy atom. The Kier molecular flexibility index (Phi) is 1.43. The van der Waals surface area contributed by atoms with Crippen LogP contribution in [0.4, 0.5) is 5.69 Å². The molecule has 0 fully saturated rings. The van der Waals surface area contributed by atoms with Crippen LogP contribution in [0, 0.1) is 0 Å². The van der Waals surface area contributed by atoms with E-state index in [2.05, 4.69) is 32.9 Å². The van der Waals surface area contributed by atoms with Gasteiger partial charge in [-0.15, -0.1) is 0 Å². The summed E-state index contributed by atoms with van der Waals surface area (Å²) in [5, 5.41) is 10.4. The Morgan fingerprint density at radius 2 is 2.09 bits per heavy atom. The number of hydrogen-bond acceptors (Lipinski definition) is 4. The lowest BCUT2D eigenvalue weighted by Gasteiger charge is -1.94. The molecule has 2 aromatic rings. The highest BCUT2D eigenvalue weighted by molar-refractivity contribution is 7.81. The van der Waals surface area contributed by atoms with Crippen LogP contribution >= 0.6 is 12.8 Å². The van der Waals surface area contributed by atoms with Crippen molar-refractivity contribution >= 4 is 29.5 Å². The average molecular weight is 166 g/mol. The van der Waals surface area contributed by atoms with E-state index in [1.54, 1.807) is 0 Å².